The fourth-order valence-electron chi connectivity index (χ4n) is 1.52. The van der Waals surface area contributed by atoms with Gasteiger partial charge in [-0.15, -0.1) is 6.04 Å². The van der Waals surface area contributed by atoms with E-state index in [2.05, 4.69) is 26.2 Å². The van der Waals surface area contributed by atoms with Crippen LogP contribution in [-0.4, -0.2) is 29.4 Å². The van der Waals surface area contributed by atoms with Crippen LogP contribution in [0.4, 0.5) is 0 Å². The summed E-state index contributed by atoms with van der Waals surface area (Å²) in [7, 11) is 3.69. The van der Waals surface area contributed by atoms with E-state index >= 15 is 0 Å². The molecule has 0 aliphatic carbocycles. The maximum Gasteiger partial charge on any atom is 0.208 e. The van der Waals surface area contributed by atoms with Crippen LogP contribution < -0.4 is 5.32 Å². The molecule has 79 valence electrons. The monoisotopic (exact) mass is 271 g/mol. The summed E-state index contributed by atoms with van der Waals surface area (Å²) < 4.78 is 0. The molecule has 1 N–H and O–H groups in total. The Balaban J connectivity index is 0.00000169. The summed E-state index contributed by atoms with van der Waals surface area (Å²) in [6.07, 6.45) is 0.914. The van der Waals surface area contributed by atoms with Gasteiger partial charge in [0.15, 0.2) is 0 Å². The molecule has 0 bridgehead atoms. The van der Waals surface area contributed by atoms with Crippen molar-refractivity contribution in [3.8, 4) is 0 Å². The van der Waals surface area contributed by atoms with E-state index in [4.69, 9.17) is 0 Å². The van der Waals surface area contributed by atoms with Gasteiger partial charge >= 0.3 is 0 Å². The zero-order valence-corrected chi connectivity index (χ0v) is 11.8. The van der Waals surface area contributed by atoms with Crippen molar-refractivity contribution in [2.24, 2.45) is 5.92 Å². The Hall–Kier alpha value is 0.534. The first kappa shape index (κ1) is 14.5. The SMILES string of the molecule is [CH2-][C@@H](C)N([CH2-])C(=O)C1C[C@H](C)CN1.[Y]. The van der Waals surface area contributed by atoms with Crippen LogP contribution in [-0.2, 0) is 37.5 Å². The molecule has 0 spiro atoms. The van der Waals surface area contributed by atoms with Gasteiger partial charge in [0.1, 0.15) is 0 Å². The predicted molar refractivity (Wildman–Crippen MR) is 52.6 cm³/mol. The second-order valence-electron chi connectivity index (χ2n) is 3.96. The van der Waals surface area contributed by atoms with Gasteiger partial charge in [0, 0.05) is 32.7 Å². The fourth-order valence-corrected chi connectivity index (χ4v) is 1.52. The van der Waals surface area contributed by atoms with Crippen LogP contribution in [0.15, 0.2) is 0 Å². The summed E-state index contributed by atoms with van der Waals surface area (Å²) in [6, 6.07) is -0.109. The summed E-state index contributed by atoms with van der Waals surface area (Å²) in [6.45, 7) is 8.70. The number of hydrogen-bond donors (Lipinski definition) is 1. The number of rotatable bonds is 2. The Morgan fingerprint density at radius 3 is 2.57 bits per heavy atom. The molecule has 4 heteroatoms. The van der Waals surface area contributed by atoms with Crippen LogP contribution in [0.25, 0.3) is 0 Å². The standard InChI is InChI=1S/C10H18N2O.Y/c1-7(2)12(4)10(13)9-5-8(3)6-11-9;/h7-9,11H,1,4-6H2,2-3H3;/q-2;/t7-,8-,9?;/m0./s1. The molecular formula is C10H18N2OY-2. The van der Waals surface area contributed by atoms with E-state index in [0.717, 1.165) is 13.0 Å². The molecule has 0 aromatic heterocycles. The number of hydrogen-bond acceptors (Lipinski definition) is 2. The van der Waals surface area contributed by atoms with Gasteiger partial charge in [-0.2, -0.15) is 0 Å². The quantitative estimate of drug-likeness (QED) is 0.754. The maximum absolute atomic E-state index is 11.7. The Morgan fingerprint density at radius 2 is 2.21 bits per heavy atom. The second kappa shape index (κ2) is 6.19. The van der Waals surface area contributed by atoms with E-state index in [0.29, 0.717) is 5.92 Å². The van der Waals surface area contributed by atoms with Crippen molar-refractivity contribution in [1.82, 2.24) is 10.2 Å². The summed E-state index contributed by atoms with van der Waals surface area (Å²) >= 11 is 0. The Bertz CT molecular complexity index is 197. The van der Waals surface area contributed by atoms with E-state index in [9.17, 15) is 4.79 Å². The largest absolute Gasteiger partial charge is 0.517 e. The molecule has 3 nitrogen and oxygen atoms in total. The first-order chi connectivity index (χ1) is 6.02. The van der Waals surface area contributed by atoms with Crippen molar-refractivity contribution < 1.29 is 37.5 Å². The van der Waals surface area contributed by atoms with Crippen LogP contribution in [0.3, 0.4) is 0 Å². The average molecular weight is 271 g/mol. The third kappa shape index (κ3) is 3.60. The van der Waals surface area contributed by atoms with Crippen molar-refractivity contribution in [3.63, 3.8) is 0 Å². The van der Waals surface area contributed by atoms with Gasteiger partial charge in [-0.25, -0.2) is 0 Å². The molecular weight excluding hydrogens is 253 g/mol. The van der Waals surface area contributed by atoms with E-state index in [-0.39, 0.29) is 50.7 Å². The Morgan fingerprint density at radius 1 is 1.64 bits per heavy atom. The Kier molecular flexibility index (Phi) is 6.43. The smallest absolute Gasteiger partial charge is 0.208 e. The summed E-state index contributed by atoms with van der Waals surface area (Å²) in [5.41, 5.74) is 0. The normalized spacial score (nSPS) is 28.0. The number of nitrogens with one attached hydrogen (secondary N) is 1. The van der Waals surface area contributed by atoms with Crippen LogP contribution >= 0.6 is 0 Å². The van der Waals surface area contributed by atoms with E-state index < -0.39 is 0 Å². The van der Waals surface area contributed by atoms with Crippen molar-refractivity contribution >= 4 is 5.91 Å². The molecule has 0 saturated carbocycles. The van der Waals surface area contributed by atoms with Crippen molar-refractivity contribution in [2.75, 3.05) is 6.54 Å². The molecule has 1 rings (SSSR count). The minimum absolute atomic E-state index is 0. The zero-order valence-electron chi connectivity index (χ0n) is 8.99. The molecule has 0 aromatic rings. The number of amides is 1. The van der Waals surface area contributed by atoms with Crippen LogP contribution in [0.5, 0.6) is 0 Å². The van der Waals surface area contributed by atoms with E-state index in [1.54, 1.807) is 0 Å². The van der Waals surface area contributed by atoms with Crippen molar-refractivity contribution in [2.45, 2.75) is 32.4 Å². The molecule has 3 atom stereocenters. The molecule has 1 aliphatic rings. The van der Waals surface area contributed by atoms with Crippen LogP contribution in [0, 0.1) is 19.9 Å². The predicted octanol–water partition coefficient (Wildman–Crippen LogP) is 0.825. The Labute approximate surface area is 112 Å². The molecule has 0 aromatic carbocycles. The third-order valence-corrected chi connectivity index (χ3v) is 2.46. The minimum Gasteiger partial charge on any atom is -0.517 e. The third-order valence-electron chi connectivity index (χ3n) is 2.46. The van der Waals surface area contributed by atoms with Gasteiger partial charge in [-0.3, -0.25) is 11.8 Å². The van der Waals surface area contributed by atoms with Gasteiger partial charge < -0.3 is 17.1 Å². The average Bonchev–Trinajstić information content (AvgIpc) is 2.49. The van der Waals surface area contributed by atoms with Gasteiger partial charge in [0.2, 0.25) is 5.91 Å². The molecule has 14 heavy (non-hydrogen) atoms. The van der Waals surface area contributed by atoms with Gasteiger partial charge in [0.25, 0.3) is 0 Å². The summed E-state index contributed by atoms with van der Waals surface area (Å²) in [5, 5.41) is 3.18. The van der Waals surface area contributed by atoms with Gasteiger partial charge in [-0.05, 0) is 18.9 Å². The fraction of sp³-hybridized carbons (Fsp3) is 0.700. The zero-order chi connectivity index (χ0) is 10.0. The molecule has 1 fully saturated rings. The maximum atomic E-state index is 11.7. The number of nitrogens with zero attached hydrogens (tertiary/aromatic N) is 1. The van der Waals surface area contributed by atoms with Gasteiger partial charge in [0.05, 0.1) is 6.04 Å². The van der Waals surface area contributed by atoms with Crippen molar-refractivity contribution in [3.05, 3.63) is 14.0 Å². The molecule has 1 amide bonds. The van der Waals surface area contributed by atoms with E-state index in [1.807, 2.05) is 6.92 Å². The topological polar surface area (TPSA) is 32.3 Å². The summed E-state index contributed by atoms with van der Waals surface area (Å²) in [4.78, 5) is 13.1. The van der Waals surface area contributed by atoms with Crippen LogP contribution in [0.2, 0.25) is 0 Å². The minimum atomic E-state index is -0.0646. The van der Waals surface area contributed by atoms with E-state index in [1.165, 1.54) is 4.90 Å². The molecule has 1 heterocycles. The first-order valence-electron chi connectivity index (χ1n) is 4.72. The van der Waals surface area contributed by atoms with Crippen LogP contribution in [0.1, 0.15) is 20.3 Å². The number of carbonyl (C=O) groups is 1. The van der Waals surface area contributed by atoms with Crippen molar-refractivity contribution in [1.29, 1.82) is 0 Å². The molecule has 1 unspecified atom stereocenters. The van der Waals surface area contributed by atoms with Gasteiger partial charge in [-0.1, -0.05) is 13.8 Å². The molecule has 1 aliphatic heterocycles. The number of carbonyl (C=O) groups excluding carboxylic acids is 1. The second-order valence-corrected chi connectivity index (χ2v) is 3.96. The first-order valence-corrected chi connectivity index (χ1v) is 4.72. The molecule has 1 radical (unpaired) electrons. The molecule has 1 saturated heterocycles. The summed E-state index contributed by atoms with van der Waals surface area (Å²) in [5.74, 6) is 0.648.